The van der Waals surface area contributed by atoms with Gasteiger partial charge in [-0.1, -0.05) is 12.1 Å². The van der Waals surface area contributed by atoms with Crippen molar-refractivity contribution < 1.29 is 14.3 Å². The van der Waals surface area contributed by atoms with Gasteiger partial charge in [-0.2, -0.15) is 0 Å². The topological polar surface area (TPSA) is 73.3 Å². The Morgan fingerprint density at radius 1 is 1.24 bits per heavy atom. The lowest BCUT2D eigenvalue weighted by molar-refractivity contribution is -0.130. The third kappa shape index (κ3) is 3.46. The molecule has 1 aromatic carbocycles. The molecule has 0 fully saturated rings. The average Bonchev–Trinajstić information content (AvgIpc) is 3.15. The molecular weight excluding hydrogens is 338 g/mol. The maximum atomic E-state index is 12.3. The van der Waals surface area contributed by atoms with E-state index in [1.54, 1.807) is 18.5 Å². The van der Waals surface area contributed by atoms with Gasteiger partial charge in [0.05, 0.1) is 12.2 Å². The summed E-state index contributed by atoms with van der Waals surface area (Å²) >= 11 is 1.52. The van der Waals surface area contributed by atoms with Crippen LogP contribution in [-0.2, 0) is 11.3 Å². The fourth-order valence-corrected chi connectivity index (χ4v) is 3.26. The van der Waals surface area contributed by atoms with E-state index in [-0.39, 0.29) is 12.5 Å². The molecule has 0 aliphatic carbocycles. The SMILES string of the molecule is O=C(NCc1csc(-c2cccnc2)n1)C1COc2ccccc2O1. The minimum absolute atomic E-state index is 0.195. The number of para-hydroxylation sites is 2. The number of rotatable bonds is 4. The van der Waals surface area contributed by atoms with Gasteiger partial charge in [0.1, 0.15) is 11.6 Å². The maximum absolute atomic E-state index is 12.3. The number of nitrogens with zero attached hydrogens (tertiary/aromatic N) is 2. The number of benzene rings is 1. The second-order valence-corrected chi connectivity index (χ2v) is 6.33. The molecule has 1 N–H and O–H groups in total. The van der Waals surface area contributed by atoms with Gasteiger partial charge in [-0.25, -0.2) is 4.98 Å². The van der Waals surface area contributed by atoms with E-state index >= 15 is 0 Å². The van der Waals surface area contributed by atoms with E-state index in [1.165, 1.54) is 11.3 Å². The van der Waals surface area contributed by atoms with Crippen LogP contribution in [0.4, 0.5) is 0 Å². The first-order valence-corrected chi connectivity index (χ1v) is 8.68. The number of thiazole rings is 1. The zero-order valence-electron chi connectivity index (χ0n) is 13.2. The highest BCUT2D eigenvalue weighted by Crippen LogP contribution is 2.30. The highest BCUT2D eigenvalue weighted by atomic mass is 32.1. The fourth-order valence-electron chi connectivity index (χ4n) is 2.45. The average molecular weight is 353 g/mol. The molecule has 126 valence electrons. The molecule has 0 radical (unpaired) electrons. The van der Waals surface area contributed by atoms with Crippen LogP contribution in [0.1, 0.15) is 5.69 Å². The number of aromatic nitrogens is 2. The lowest BCUT2D eigenvalue weighted by Gasteiger charge is -2.25. The van der Waals surface area contributed by atoms with Gasteiger partial charge in [-0.05, 0) is 24.3 Å². The number of carbonyl (C=O) groups is 1. The first-order valence-electron chi connectivity index (χ1n) is 7.80. The van der Waals surface area contributed by atoms with Crippen molar-refractivity contribution in [1.82, 2.24) is 15.3 Å². The number of fused-ring (bicyclic) bond motifs is 1. The summed E-state index contributed by atoms with van der Waals surface area (Å²) in [6.45, 7) is 0.540. The quantitative estimate of drug-likeness (QED) is 0.781. The smallest absolute Gasteiger partial charge is 0.265 e. The standard InChI is InChI=1S/C18H15N3O3S/c22-17(16-10-23-14-5-1-2-6-15(14)24-16)20-9-13-11-25-18(21-13)12-4-3-7-19-8-12/h1-8,11,16H,9-10H2,(H,20,22). The molecule has 1 atom stereocenters. The van der Waals surface area contributed by atoms with Crippen molar-refractivity contribution in [3.63, 3.8) is 0 Å². The van der Waals surface area contributed by atoms with Gasteiger partial charge < -0.3 is 14.8 Å². The van der Waals surface area contributed by atoms with Gasteiger partial charge in [0.15, 0.2) is 11.5 Å². The van der Waals surface area contributed by atoms with Crippen molar-refractivity contribution >= 4 is 17.2 Å². The second kappa shape index (κ2) is 6.90. The Hall–Kier alpha value is -2.93. The van der Waals surface area contributed by atoms with E-state index < -0.39 is 6.10 Å². The lowest BCUT2D eigenvalue weighted by atomic mass is 10.2. The predicted molar refractivity (Wildman–Crippen MR) is 93.5 cm³/mol. The third-order valence-corrected chi connectivity index (χ3v) is 4.65. The third-order valence-electron chi connectivity index (χ3n) is 3.71. The van der Waals surface area contributed by atoms with Crippen molar-refractivity contribution in [2.24, 2.45) is 0 Å². The minimum atomic E-state index is -0.661. The van der Waals surface area contributed by atoms with E-state index in [1.807, 2.05) is 35.7 Å². The van der Waals surface area contributed by atoms with Crippen LogP contribution >= 0.6 is 11.3 Å². The molecule has 3 heterocycles. The molecule has 3 aromatic rings. The molecule has 6 nitrogen and oxygen atoms in total. The molecule has 4 rings (SSSR count). The highest BCUT2D eigenvalue weighted by Gasteiger charge is 2.27. The number of amides is 1. The first-order chi connectivity index (χ1) is 12.3. The molecule has 2 aromatic heterocycles. The van der Waals surface area contributed by atoms with Crippen molar-refractivity contribution in [2.75, 3.05) is 6.61 Å². The second-order valence-electron chi connectivity index (χ2n) is 5.47. The van der Waals surface area contributed by atoms with Crippen LogP contribution in [0.25, 0.3) is 10.6 Å². The molecule has 7 heteroatoms. The summed E-state index contributed by atoms with van der Waals surface area (Å²) in [5, 5.41) is 5.65. The summed E-state index contributed by atoms with van der Waals surface area (Å²) in [4.78, 5) is 20.9. The van der Waals surface area contributed by atoms with Gasteiger partial charge >= 0.3 is 0 Å². The number of nitrogens with one attached hydrogen (secondary N) is 1. The van der Waals surface area contributed by atoms with Crippen molar-refractivity contribution in [1.29, 1.82) is 0 Å². The maximum Gasteiger partial charge on any atom is 0.265 e. The summed E-state index contributed by atoms with van der Waals surface area (Å²) in [7, 11) is 0. The Morgan fingerprint density at radius 2 is 2.12 bits per heavy atom. The van der Waals surface area contributed by atoms with Gasteiger partial charge in [0, 0.05) is 23.3 Å². The number of carbonyl (C=O) groups excluding carboxylic acids is 1. The van der Waals surface area contributed by atoms with Crippen LogP contribution < -0.4 is 14.8 Å². The first kappa shape index (κ1) is 15.6. The van der Waals surface area contributed by atoms with Gasteiger partial charge in [0.2, 0.25) is 6.10 Å². The van der Waals surface area contributed by atoms with E-state index in [9.17, 15) is 4.79 Å². The van der Waals surface area contributed by atoms with Crippen molar-refractivity contribution in [2.45, 2.75) is 12.6 Å². The molecule has 1 unspecified atom stereocenters. The van der Waals surface area contributed by atoms with Crippen LogP contribution in [0.15, 0.2) is 54.2 Å². The highest BCUT2D eigenvalue weighted by molar-refractivity contribution is 7.13. The van der Waals surface area contributed by atoms with Gasteiger partial charge in [-0.15, -0.1) is 11.3 Å². The summed E-state index contributed by atoms with van der Waals surface area (Å²) in [6.07, 6.45) is 2.83. The number of pyridine rings is 1. The summed E-state index contributed by atoms with van der Waals surface area (Å²) in [5.41, 5.74) is 1.76. The Bertz CT molecular complexity index is 882. The van der Waals surface area contributed by atoms with E-state index in [0.717, 1.165) is 16.3 Å². The predicted octanol–water partition coefficient (Wildman–Crippen LogP) is 2.66. The van der Waals surface area contributed by atoms with E-state index in [2.05, 4.69) is 15.3 Å². The van der Waals surface area contributed by atoms with Crippen molar-refractivity contribution in [3.05, 3.63) is 59.9 Å². The van der Waals surface area contributed by atoms with Gasteiger partial charge in [0.25, 0.3) is 5.91 Å². The lowest BCUT2D eigenvalue weighted by Crippen LogP contribution is -2.43. The molecule has 25 heavy (non-hydrogen) atoms. The van der Waals surface area contributed by atoms with Crippen LogP contribution in [0.5, 0.6) is 11.5 Å². The van der Waals surface area contributed by atoms with E-state index in [4.69, 9.17) is 9.47 Å². The number of ether oxygens (including phenoxy) is 2. The Kier molecular flexibility index (Phi) is 4.30. The van der Waals surface area contributed by atoms with E-state index in [0.29, 0.717) is 18.0 Å². The molecule has 0 spiro atoms. The molecule has 1 amide bonds. The summed E-state index contributed by atoms with van der Waals surface area (Å²) in [5.74, 6) is 1.03. The van der Waals surface area contributed by atoms with Crippen molar-refractivity contribution in [3.8, 4) is 22.1 Å². The van der Waals surface area contributed by atoms with Crippen LogP contribution in [-0.4, -0.2) is 28.6 Å². The molecule has 0 saturated heterocycles. The van der Waals surface area contributed by atoms with Crippen LogP contribution in [0.3, 0.4) is 0 Å². The zero-order valence-corrected chi connectivity index (χ0v) is 14.0. The molecule has 0 saturated carbocycles. The fraction of sp³-hybridized carbons (Fsp3) is 0.167. The van der Waals surface area contributed by atoms with Crippen LogP contribution in [0, 0.1) is 0 Å². The summed E-state index contributed by atoms with van der Waals surface area (Å²) < 4.78 is 11.3. The number of hydrogen-bond donors (Lipinski definition) is 1. The largest absolute Gasteiger partial charge is 0.485 e. The minimum Gasteiger partial charge on any atom is -0.485 e. The summed E-state index contributed by atoms with van der Waals surface area (Å²) in [6, 6.07) is 11.1. The van der Waals surface area contributed by atoms with Gasteiger partial charge in [-0.3, -0.25) is 9.78 Å². The normalized spacial score (nSPS) is 15.6. The molecule has 1 aliphatic rings. The Morgan fingerprint density at radius 3 is 2.96 bits per heavy atom. The van der Waals surface area contributed by atoms with Crippen LogP contribution in [0.2, 0.25) is 0 Å². The Balaban J connectivity index is 1.36. The Labute approximate surface area is 148 Å². The molecule has 0 bridgehead atoms. The molecule has 1 aliphatic heterocycles. The monoisotopic (exact) mass is 353 g/mol. The molecular formula is C18H15N3O3S. The number of hydrogen-bond acceptors (Lipinski definition) is 6. The zero-order chi connectivity index (χ0) is 17.1.